The summed E-state index contributed by atoms with van der Waals surface area (Å²) in [6.45, 7) is 20.0. The normalized spacial score (nSPS) is 7.24. The third-order valence-corrected chi connectivity index (χ3v) is 4.83. The van der Waals surface area contributed by atoms with Gasteiger partial charge in [-0.15, -0.1) is 0 Å². The average molecular weight is 691 g/mol. The van der Waals surface area contributed by atoms with E-state index in [9.17, 15) is 0 Å². The third-order valence-electron chi connectivity index (χ3n) is 4.83. The van der Waals surface area contributed by atoms with Crippen molar-refractivity contribution in [2.45, 2.75) is 84.1 Å². The highest BCUT2D eigenvalue weighted by Gasteiger charge is 1.86. The van der Waals surface area contributed by atoms with Gasteiger partial charge in [-0.05, 0) is 45.8 Å². The van der Waals surface area contributed by atoms with Crippen LogP contribution in [0.2, 0.25) is 0 Å². The number of aromatic hydroxyl groups is 2. The summed E-state index contributed by atoms with van der Waals surface area (Å²) in [6.07, 6.45) is 0. The van der Waals surface area contributed by atoms with Gasteiger partial charge in [-0.2, -0.15) is 0 Å². The summed E-state index contributed by atoms with van der Waals surface area (Å²) in [6, 6.07) is 50.9. The number of phenolic OH excluding ortho intramolecular Hbond substituents is 2. The first-order chi connectivity index (χ1) is 23.7. The molecule has 0 aromatic heterocycles. The Morgan fingerprint density at radius 2 is 0.360 bits per heavy atom. The molecule has 0 aliphatic heterocycles. The van der Waals surface area contributed by atoms with Crippen LogP contribution in [-0.4, -0.2) is 34.6 Å². The average Bonchev–Trinajstić information content (AvgIpc) is 3.22. The fourth-order valence-electron chi connectivity index (χ4n) is 3.12. The van der Waals surface area contributed by atoms with Crippen LogP contribution in [0.15, 0.2) is 158 Å². The van der Waals surface area contributed by atoms with Gasteiger partial charge in [0, 0.05) is 14.2 Å². The molecule has 6 rings (SSSR count). The zero-order valence-electron chi connectivity index (χ0n) is 31.8. The number of hydrogen-bond donors (Lipinski definition) is 4. The summed E-state index contributed by atoms with van der Waals surface area (Å²) in [5, 5.41) is 36.5. The maximum atomic E-state index is 8.63. The molecule has 6 aromatic carbocycles. The summed E-state index contributed by atoms with van der Waals surface area (Å²) in [7, 11) is 2.00. The van der Waals surface area contributed by atoms with Gasteiger partial charge >= 0.3 is 0 Å². The van der Waals surface area contributed by atoms with Crippen LogP contribution in [0, 0.1) is 0 Å². The molecule has 0 radical (unpaired) electrons. The van der Waals surface area contributed by atoms with Crippen LogP contribution in [0.25, 0.3) is 21.5 Å². The van der Waals surface area contributed by atoms with E-state index in [1.165, 1.54) is 21.5 Å². The lowest BCUT2D eigenvalue weighted by molar-refractivity contribution is 0.399. The summed E-state index contributed by atoms with van der Waals surface area (Å²) in [5.74, 6) is 0.644. The zero-order valence-corrected chi connectivity index (χ0v) is 31.8. The Labute approximate surface area is 308 Å². The van der Waals surface area contributed by atoms with Gasteiger partial charge in [0.1, 0.15) is 11.5 Å². The first-order valence-corrected chi connectivity index (χ1v) is 17.0. The molecule has 0 saturated heterocycles. The summed E-state index contributed by atoms with van der Waals surface area (Å²) < 4.78 is 0. The minimum atomic E-state index is 0. The molecule has 4 N–H and O–H groups in total. The van der Waals surface area contributed by atoms with Crippen molar-refractivity contribution in [2.24, 2.45) is 0 Å². The molecular weight excluding hydrogens is 617 g/mol. The zero-order chi connectivity index (χ0) is 37.8. The molecule has 0 unspecified atom stereocenters. The number of aliphatic hydroxyl groups is 2. The lowest BCUT2D eigenvalue weighted by atomic mass is 10.1. The second kappa shape index (κ2) is 53.8. The second-order valence-electron chi connectivity index (χ2n) is 7.37. The van der Waals surface area contributed by atoms with E-state index < -0.39 is 0 Å². The number of hydrogen-bond acceptors (Lipinski definition) is 4. The van der Waals surface area contributed by atoms with Crippen LogP contribution < -0.4 is 0 Å². The predicted octanol–water partition coefficient (Wildman–Crippen LogP) is 14.1. The van der Waals surface area contributed by atoms with Gasteiger partial charge in [0.2, 0.25) is 0 Å². The summed E-state index contributed by atoms with van der Waals surface area (Å²) >= 11 is 0. The van der Waals surface area contributed by atoms with E-state index in [0.29, 0.717) is 11.5 Å². The molecule has 0 atom stereocenters. The smallest absolute Gasteiger partial charge is 0.115 e. The number of aliphatic hydroxyl groups excluding tert-OH is 2. The number of phenols is 2. The van der Waals surface area contributed by atoms with Gasteiger partial charge in [0.05, 0.1) is 0 Å². The minimum Gasteiger partial charge on any atom is -0.508 e. The highest BCUT2D eigenvalue weighted by atomic mass is 16.3. The molecule has 50 heavy (non-hydrogen) atoms. The molecule has 0 aliphatic rings. The topological polar surface area (TPSA) is 80.9 Å². The Hall–Kier alpha value is -4.64. The van der Waals surface area contributed by atoms with E-state index in [1.54, 1.807) is 48.5 Å². The monoisotopic (exact) mass is 691 g/mol. The second-order valence-corrected chi connectivity index (χ2v) is 7.37. The van der Waals surface area contributed by atoms with E-state index in [4.69, 9.17) is 20.4 Å². The van der Waals surface area contributed by atoms with Crippen molar-refractivity contribution < 1.29 is 20.4 Å². The van der Waals surface area contributed by atoms with E-state index in [1.807, 2.05) is 81.4 Å². The van der Waals surface area contributed by atoms with Crippen LogP contribution >= 0.6 is 0 Å². The van der Waals surface area contributed by atoms with E-state index in [0.717, 1.165) is 14.2 Å². The maximum absolute atomic E-state index is 8.63. The largest absolute Gasteiger partial charge is 0.508 e. The molecule has 6 aromatic rings. The van der Waals surface area contributed by atoms with Crippen molar-refractivity contribution in [1.82, 2.24) is 0 Å². The summed E-state index contributed by atoms with van der Waals surface area (Å²) in [5.41, 5.74) is 0. The van der Waals surface area contributed by atoms with Crippen molar-refractivity contribution in [3.05, 3.63) is 158 Å². The van der Waals surface area contributed by atoms with Crippen molar-refractivity contribution in [3.63, 3.8) is 0 Å². The lowest BCUT2D eigenvalue weighted by Gasteiger charge is -1.92. The maximum Gasteiger partial charge on any atom is 0.115 e. The number of fused-ring (bicyclic) bond motifs is 2. The van der Waals surface area contributed by atoms with Gasteiger partial charge in [0.15, 0.2) is 0 Å². The summed E-state index contributed by atoms with van der Waals surface area (Å²) in [4.78, 5) is 0. The number of rotatable bonds is 0. The Bertz CT molecular complexity index is 1130. The van der Waals surface area contributed by atoms with Crippen molar-refractivity contribution in [3.8, 4) is 11.5 Å². The van der Waals surface area contributed by atoms with Crippen LogP contribution in [0.3, 0.4) is 0 Å². The molecule has 0 heterocycles. The predicted molar refractivity (Wildman–Crippen MR) is 231 cm³/mol. The van der Waals surface area contributed by atoms with Gasteiger partial charge in [-0.1, -0.05) is 218 Å². The van der Waals surface area contributed by atoms with Crippen LogP contribution in [0.4, 0.5) is 0 Å². The molecule has 0 fully saturated rings. The van der Waals surface area contributed by atoms with E-state index in [-0.39, 0.29) is 14.9 Å². The molecule has 282 valence electrons. The SMILES string of the molecule is C.C.CC.CC.CC.CC.CC.CO.CO.Oc1ccccc1.Oc1ccccc1.c1ccc2ccccc2c1.c1ccc2ccccc2c1. The molecule has 0 saturated carbocycles. The first kappa shape index (κ1) is 60.7. The molecule has 0 amide bonds. The Balaban J connectivity index is -0.0000000878. The molecule has 0 spiro atoms. The fraction of sp³-hybridized carbons (Fsp3) is 0.304. The molecular formula is C46H74O4. The third kappa shape index (κ3) is 34.7. The number of benzene rings is 6. The highest BCUT2D eigenvalue weighted by Crippen LogP contribution is 2.12. The van der Waals surface area contributed by atoms with Crippen LogP contribution in [0.5, 0.6) is 11.5 Å². The number of para-hydroxylation sites is 2. The van der Waals surface area contributed by atoms with Gasteiger partial charge in [-0.3, -0.25) is 0 Å². The highest BCUT2D eigenvalue weighted by molar-refractivity contribution is 5.82. The van der Waals surface area contributed by atoms with Crippen LogP contribution in [0.1, 0.15) is 84.1 Å². The molecule has 0 aliphatic carbocycles. The van der Waals surface area contributed by atoms with Gasteiger partial charge in [-0.25, -0.2) is 0 Å². The van der Waals surface area contributed by atoms with E-state index >= 15 is 0 Å². The van der Waals surface area contributed by atoms with Gasteiger partial charge < -0.3 is 20.4 Å². The van der Waals surface area contributed by atoms with E-state index in [2.05, 4.69) is 97.1 Å². The van der Waals surface area contributed by atoms with Crippen molar-refractivity contribution >= 4 is 21.5 Å². The standard InChI is InChI=1S/2C10H8.2C6H6O.5C2H6.2CH4O.2CH4/c2*1-2-6-10-8-4-3-7-9(10)5-1;2*7-6-4-2-1-3-5-6;7*1-2;;/h2*1-8H;2*1-5,7H;5*1-2H3;2*2H,1H3;2*1H4. The first-order valence-electron chi connectivity index (χ1n) is 17.0. The van der Waals surface area contributed by atoms with Crippen molar-refractivity contribution in [2.75, 3.05) is 14.2 Å². The van der Waals surface area contributed by atoms with Gasteiger partial charge in [0.25, 0.3) is 0 Å². The van der Waals surface area contributed by atoms with Crippen molar-refractivity contribution in [1.29, 1.82) is 0 Å². The Morgan fingerprint density at radius 1 is 0.240 bits per heavy atom. The molecule has 4 nitrogen and oxygen atoms in total. The Kier molecular flexibility index (Phi) is 65.3. The Morgan fingerprint density at radius 3 is 0.460 bits per heavy atom. The van der Waals surface area contributed by atoms with Crippen LogP contribution in [-0.2, 0) is 0 Å². The molecule has 4 heteroatoms. The quantitative estimate of drug-likeness (QED) is 0.128. The minimum absolute atomic E-state index is 0. The molecule has 0 bridgehead atoms. The lowest BCUT2D eigenvalue weighted by Crippen LogP contribution is -1.67. The fourth-order valence-corrected chi connectivity index (χ4v) is 3.12.